The molecule has 2 saturated heterocycles. The minimum atomic E-state index is 0.0215. The lowest BCUT2D eigenvalue weighted by atomic mass is 10.0. The average Bonchev–Trinajstić information content (AvgIpc) is 2.47. The van der Waals surface area contributed by atoms with Gasteiger partial charge in [0, 0.05) is 13.1 Å². The Kier molecular flexibility index (Phi) is 2.58. The van der Waals surface area contributed by atoms with Gasteiger partial charge in [-0.3, -0.25) is 0 Å². The zero-order valence-electron chi connectivity index (χ0n) is 8.58. The summed E-state index contributed by atoms with van der Waals surface area (Å²) in [6.07, 6.45) is 2.51. The summed E-state index contributed by atoms with van der Waals surface area (Å²) in [5.41, 5.74) is 0.0215. The summed E-state index contributed by atoms with van der Waals surface area (Å²) in [6.45, 7) is 5.89. The molecule has 0 amide bonds. The molecule has 2 unspecified atom stereocenters. The largest absolute Gasteiger partial charge is 0.376 e. The minimum absolute atomic E-state index is 0.0215. The molecule has 1 spiro atoms. The molecule has 0 bridgehead atoms. The predicted molar refractivity (Wildman–Crippen MR) is 50.8 cm³/mol. The van der Waals surface area contributed by atoms with E-state index in [1.54, 1.807) is 0 Å². The SMILES string of the molecule is CCC1COCC2(CCN(C)C2)O1. The van der Waals surface area contributed by atoms with Gasteiger partial charge in [0.15, 0.2) is 0 Å². The van der Waals surface area contributed by atoms with Gasteiger partial charge >= 0.3 is 0 Å². The highest BCUT2D eigenvalue weighted by molar-refractivity contribution is 4.93. The van der Waals surface area contributed by atoms with E-state index in [9.17, 15) is 0 Å². The lowest BCUT2D eigenvalue weighted by molar-refractivity contribution is -0.192. The maximum atomic E-state index is 6.09. The van der Waals surface area contributed by atoms with E-state index in [1.165, 1.54) is 0 Å². The highest BCUT2D eigenvalue weighted by Gasteiger charge is 2.42. The maximum Gasteiger partial charge on any atom is 0.106 e. The average molecular weight is 185 g/mol. The standard InChI is InChI=1S/C10H19NO2/c1-3-9-6-12-8-10(13-9)4-5-11(2)7-10/h9H,3-8H2,1-2H3. The van der Waals surface area contributed by atoms with Crippen molar-refractivity contribution in [1.82, 2.24) is 4.90 Å². The van der Waals surface area contributed by atoms with Crippen LogP contribution in [0.4, 0.5) is 0 Å². The van der Waals surface area contributed by atoms with E-state index < -0.39 is 0 Å². The first-order valence-corrected chi connectivity index (χ1v) is 5.18. The van der Waals surface area contributed by atoms with Crippen LogP contribution >= 0.6 is 0 Å². The van der Waals surface area contributed by atoms with E-state index in [0.29, 0.717) is 6.10 Å². The van der Waals surface area contributed by atoms with Gasteiger partial charge < -0.3 is 14.4 Å². The summed E-state index contributed by atoms with van der Waals surface area (Å²) in [6, 6.07) is 0. The van der Waals surface area contributed by atoms with Crippen LogP contribution in [0.2, 0.25) is 0 Å². The van der Waals surface area contributed by atoms with Crippen LogP contribution in [0.1, 0.15) is 19.8 Å². The van der Waals surface area contributed by atoms with Crippen molar-refractivity contribution in [1.29, 1.82) is 0 Å². The van der Waals surface area contributed by atoms with Crippen molar-refractivity contribution in [2.75, 3.05) is 33.4 Å². The van der Waals surface area contributed by atoms with Crippen LogP contribution in [0.15, 0.2) is 0 Å². The first kappa shape index (κ1) is 9.44. The number of nitrogens with zero attached hydrogens (tertiary/aromatic N) is 1. The third kappa shape index (κ3) is 1.87. The normalized spacial score (nSPS) is 41.5. The summed E-state index contributed by atoms with van der Waals surface area (Å²) in [7, 11) is 2.15. The van der Waals surface area contributed by atoms with Crippen molar-refractivity contribution < 1.29 is 9.47 Å². The molecular formula is C10H19NO2. The molecule has 76 valence electrons. The van der Waals surface area contributed by atoms with E-state index in [2.05, 4.69) is 18.9 Å². The molecule has 0 radical (unpaired) electrons. The predicted octanol–water partition coefficient (Wildman–Crippen LogP) is 0.886. The van der Waals surface area contributed by atoms with Gasteiger partial charge in [-0.15, -0.1) is 0 Å². The summed E-state index contributed by atoms with van der Waals surface area (Å²) in [4.78, 5) is 2.32. The molecule has 13 heavy (non-hydrogen) atoms. The monoisotopic (exact) mass is 185 g/mol. The summed E-state index contributed by atoms with van der Waals surface area (Å²) in [5, 5.41) is 0. The molecule has 2 aliphatic rings. The molecule has 2 fully saturated rings. The fourth-order valence-corrected chi connectivity index (χ4v) is 2.26. The highest BCUT2D eigenvalue weighted by Crippen LogP contribution is 2.30. The van der Waals surface area contributed by atoms with E-state index in [0.717, 1.165) is 39.1 Å². The number of ether oxygens (including phenoxy) is 2. The lowest BCUT2D eigenvalue weighted by Gasteiger charge is -2.38. The molecule has 3 heteroatoms. The Morgan fingerprint density at radius 2 is 2.38 bits per heavy atom. The number of likely N-dealkylation sites (tertiary alicyclic amines) is 1. The quantitative estimate of drug-likeness (QED) is 0.605. The van der Waals surface area contributed by atoms with Crippen molar-refractivity contribution in [3.05, 3.63) is 0 Å². The maximum absolute atomic E-state index is 6.09. The van der Waals surface area contributed by atoms with E-state index in [4.69, 9.17) is 9.47 Å². The second-order valence-electron chi connectivity index (χ2n) is 4.33. The summed E-state index contributed by atoms with van der Waals surface area (Å²) < 4.78 is 11.7. The van der Waals surface area contributed by atoms with Crippen LogP contribution in [0.25, 0.3) is 0 Å². The second-order valence-corrected chi connectivity index (χ2v) is 4.33. The van der Waals surface area contributed by atoms with Gasteiger partial charge in [0.25, 0.3) is 0 Å². The molecule has 2 heterocycles. The van der Waals surface area contributed by atoms with Crippen molar-refractivity contribution in [2.24, 2.45) is 0 Å². The molecule has 0 saturated carbocycles. The minimum Gasteiger partial charge on any atom is -0.376 e. The molecular weight excluding hydrogens is 166 g/mol. The molecule has 0 aromatic carbocycles. The first-order chi connectivity index (χ1) is 6.24. The van der Waals surface area contributed by atoms with Gasteiger partial charge in [-0.2, -0.15) is 0 Å². The molecule has 0 aromatic rings. The molecule has 2 atom stereocenters. The first-order valence-electron chi connectivity index (χ1n) is 5.18. The van der Waals surface area contributed by atoms with Crippen LogP contribution in [0.3, 0.4) is 0 Å². The van der Waals surface area contributed by atoms with Crippen LogP contribution in [-0.4, -0.2) is 50.0 Å². The lowest BCUT2D eigenvalue weighted by Crippen LogP contribution is -2.48. The fourth-order valence-electron chi connectivity index (χ4n) is 2.26. The molecule has 3 nitrogen and oxygen atoms in total. The Morgan fingerprint density at radius 1 is 1.54 bits per heavy atom. The number of likely N-dealkylation sites (N-methyl/N-ethyl adjacent to an activating group) is 1. The van der Waals surface area contributed by atoms with E-state index in [1.807, 2.05) is 0 Å². The number of hydrogen-bond donors (Lipinski definition) is 0. The molecule has 0 aromatic heterocycles. The smallest absolute Gasteiger partial charge is 0.106 e. The molecule has 2 aliphatic heterocycles. The van der Waals surface area contributed by atoms with Crippen molar-refractivity contribution >= 4 is 0 Å². The van der Waals surface area contributed by atoms with Crippen molar-refractivity contribution in [3.8, 4) is 0 Å². The Balaban J connectivity index is 1.98. The van der Waals surface area contributed by atoms with Crippen LogP contribution in [0.5, 0.6) is 0 Å². The highest BCUT2D eigenvalue weighted by atomic mass is 16.6. The third-order valence-electron chi connectivity index (χ3n) is 3.05. The Hall–Kier alpha value is -0.120. The van der Waals surface area contributed by atoms with Gasteiger partial charge in [0.2, 0.25) is 0 Å². The molecule has 0 aliphatic carbocycles. The van der Waals surface area contributed by atoms with Crippen LogP contribution in [-0.2, 0) is 9.47 Å². The van der Waals surface area contributed by atoms with Gasteiger partial charge in [0.05, 0.1) is 19.3 Å². The topological polar surface area (TPSA) is 21.7 Å². The molecule has 0 N–H and O–H groups in total. The fraction of sp³-hybridized carbons (Fsp3) is 1.00. The van der Waals surface area contributed by atoms with Gasteiger partial charge in [-0.05, 0) is 19.9 Å². The Labute approximate surface area is 80.0 Å². The van der Waals surface area contributed by atoms with E-state index in [-0.39, 0.29) is 5.60 Å². The Morgan fingerprint density at radius 3 is 3.00 bits per heavy atom. The number of rotatable bonds is 1. The molecule has 2 rings (SSSR count). The van der Waals surface area contributed by atoms with Crippen molar-refractivity contribution in [3.63, 3.8) is 0 Å². The van der Waals surface area contributed by atoms with Crippen LogP contribution < -0.4 is 0 Å². The summed E-state index contributed by atoms with van der Waals surface area (Å²) in [5.74, 6) is 0. The number of hydrogen-bond acceptors (Lipinski definition) is 3. The van der Waals surface area contributed by atoms with Gasteiger partial charge in [-0.1, -0.05) is 6.92 Å². The van der Waals surface area contributed by atoms with Gasteiger partial charge in [0.1, 0.15) is 5.60 Å². The van der Waals surface area contributed by atoms with Gasteiger partial charge in [-0.25, -0.2) is 0 Å². The zero-order chi connectivity index (χ0) is 9.31. The van der Waals surface area contributed by atoms with E-state index >= 15 is 0 Å². The summed E-state index contributed by atoms with van der Waals surface area (Å²) >= 11 is 0. The van der Waals surface area contributed by atoms with Crippen molar-refractivity contribution in [2.45, 2.75) is 31.5 Å². The second kappa shape index (κ2) is 3.56. The van der Waals surface area contributed by atoms with Crippen LogP contribution in [0, 0.1) is 0 Å². The zero-order valence-corrected chi connectivity index (χ0v) is 8.58. The Bertz CT molecular complexity index is 182. The third-order valence-corrected chi connectivity index (χ3v) is 3.05.